The Morgan fingerprint density at radius 2 is 0.830 bits per heavy atom. The van der Waals surface area contributed by atoms with Crippen LogP contribution in [-0.4, -0.2) is 9.55 Å². The summed E-state index contributed by atoms with van der Waals surface area (Å²) in [5.74, 6) is 0.941. The van der Waals surface area contributed by atoms with Gasteiger partial charge in [0.2, 0.25) is 0 Å². The van der Waals surface area contributed by atoms with Crippen molar-refractivity contribution in [3.05, 3.63) is 194 Å². The van der Waals surface area contributed by atoms with E-state index in [0.29, 0.717) is 0 Å². The van der Waals surface area contributed by atoms with Crippen molar-refractivity contribution in [2.45, 2.75) is 0 Å². The van der Waals surface area contributed by atoms with Gasteiger partial charge in [0.05, 0.1) is 11.0 Å². The average Bonchev–Trinajstić information content (AvgIpc) is 3.63. The van der Waals surface area contributed by atoms with Crippen molar-refractivity contribution in [2.75, 3.05) is 0 Å². The molecule has 0 bridgehead atoms. The highest BCUT2D eigenvalue weighted by Gasteiger charge is 2.16. The van der Waals surface area contributed by atoms with Crippen LogP contribution in [0.2, 0.25) is 0 Å². The van der Waals surface area contributed by atoms with Crippen molar-refractivity contribution in [3.63, 3.8) is 0 Å². The van der Waals surface area contributed by atoms with Crippen LogP contribution in [0.1, 0.15) is 0 Å². The van der Waals surface area contributed by atoms with Gasteiger partial charge in [-0.2, -0.15) is 0 Å². The molecule has 0 N–H and O–H groups in total. The summed E-state index contributed by atoms with van der Waals surface area (Å²) in [4.78, 5) is 5.06. The topological polar surface area (TPSA) is 17.8 Å². The minimum atomic E-state index is 0.941. The predicted octanol–water partition coefficient (Wildman–Crippen LogP) is 13.8. The van der Waals surface area contributed by atoms with Gasteiger partial charge in [-0.1, -0.05) is 158 Å². The van der Waals surface area contributed by atoms with Crippen LogP contribution in [0.5, 0.6) is 0 Å². The molecular weight excluding hydrogens is 641 g/mol. The minimum absolute atomic E-state index is 0.941. The number of hydrogen-bond donors (Lipinski definition) is 0. The number of aromatic nitrogens is 2. The van der Waals surface area contributed by atoms with Crippen LogP contribution < -0.4 is 0 Å². The Kier molecular flexibility index (Phi) is 6.59. The molecule has 2 heteroatoms. The summed E-state index contributed by atoms with van der Waals surface area (Å²) in [5, 5.41) is 12.8. The average molecular weight is 673 g/mol. The third kappa shape index (κ3) is 4.70. The van der Waals surface area contributed by atoms with E-state index in [1.54, 1.807) is 0 Å². The van der Waals surface area contributed by atoms with E-state index in [-0.39, 0.29) is 0 Å². The SMILES string of the molecule is c1ccc(-n2c(-c3ccc(-c4ccc(-c5cc6ccc7cccc8c9ccccc9c9ccccc9c(c5)c6c78)cc4)cc3)nc3ccccc32)cc1. The van der Waals surface area contributed by atoms with E-state index in [1.807, 2.05) is 6.07 Å². The summed E-state index contributed by atoms with van der Waals surface area (Å²) in [7, 11) is 0. The molecule has 2 nitrogen and oxygen atoms in total. The van der Waals surface area contributed by atoms with Crippen molar-refractivity contribution in [1.82, 2.24) is 9.55 Å². The van der Waals surface area contributed by atoms with Gasteiger partial charge in [0.1, 0.15) is 5.82 Å². The van der Waals surface area contributed by atoms with Gasteiger partial charge in [-0.3, -0.25) is 4.57 Å². The number of fused-ring (bicyclic) bond motifs is 6. The molecule has 0 saturated carbocycles. The third-order valence-electron chi connectivity index (χ3n) is 11.0. The van der Waals surface area contributed by atoms with Gasteiger partial charge in [-0.15, -0.1) is 0 Å². The second kappa shape index (κ2) is 11.8. The lowest BCUT2D eigenvalue weighted by Crippen LogP contribution is -1.97. The Morgan fingerprint density at radius 3 is 1.53 bits per heavy atom. The summed E-state index contributed by atoms with van der Waals surface area (Å²) in [6, 6.07) is 70.5. The van der Waals surface area contributed by atoms with Crippen molar-refractivity contribution in [3.8, 4) is 39.3 Å². The van der Waals surface area contributed by atoms with Crippen LogP contribution >= 0.6 is 0 Å². The molecule has 0 aliphatic heterocycles. The summed E-state index contributed by atoms with van der Waals surface area (Å²) in [5.41, 5.74) is 9.06. The predicted molar refractivity (Wildman–Crippen MR) is 225 cm³/mol. The van der Waals surface area contributed by atoms with Crippen LogP contribution in [0, 0.1) is 0 Å². The summed E-state index contributed by atoms with van der Waals surface area (Å²) in [6.07, 6.45) is 0. The molecule has 0 aliphatic rings. The molecule has 0 spiro atoms. The lowest BCUT2D eigenvalue weighted by atomic mass is 9.88. The van der Waals surface area contributed by atoms with Gasteiger partial charge >= 0.3 is 0 Å². The quantitative estimate of drug-likeness (QED) is 0.170. The second-order valence-electron chi connectivity index (χ2n) is 13.9. The molecule has 1 aromatic heterocycles. The minimum Gasteiger partial charge on any atom is -0.292 e. The monoisotopic (exact) mass is 672 g/mol. The van der Waals surface area contributed by atoms with Crippen molar-refractivity contribution >= 4 is 64.9 Å². The fourth-order valence-corrected chi connectivity index (χ4v) is 8.48. The maximum absolute atomic E-state index is 5.06. The first-order valence-electron chi connectivity index (χ1n) is 18.2. The molecule has 0 fully saturated rings. The first-order chi connectivity index (χ1) is 26.3. The van der Waals surface area contributed by atoms with Crippen molar-refractivity contribution in [2.24, 2.45) is 0 Å². The number of rotatable bonds is 4. The highest BCUT2D eigenvalue weighted by Crippen LogP contribution is 2.42. The maximum Gasteiger partial charge on any atom is 0.145 e. The molecule has 11 rings (SSSR count). The fourth-order valence-electron chi connectivity index (χ4n) is 8.48. The first kappa shape index (κ1) is 29.7. The number of benzene rings is 9. The number of nitrogens with zero attached hydrogens (tertiary/aromatic N) is 2. The summed E-state index contributed by atoms with van der Waals surface area (Å²) < 4.78 is 2.25. The van der Waals surface area contributed by atoms with Crippen LogP contribution in [0.25, 0.3) is 104 Å². The molecule has 246 valence electrons. The lowest BCUT2D eigenvalue weighted by molar-refractivity contribution is 1.10. The first-order valence-corrected chi connectivity index (χ1v) is 18.2. The standard InChI is InChI=1S/C51H32N2/c1-2-12-40(13-3-1)53-48-20-9-8-19-47(48)52-51(53)37-28-25-34(26-29-37)33-21-23-35(24-22-33)39-31-38-30-27-36-11-10-18-45-43-16-6-4-14-41(43)42-15-5-7-17-44(42)46(32-39)50(38)49(36)45/h1-32H. The fraction of sp³-hybridized carbons (Fsp3) is 0. The van der Waals surface area contributed by atoms with Crippen LogP contribution in [0.15, 0.2) is 194 Å². The molecule has 0 unspecified atom stereocenters. The third-order valence-corrected chi connectivity index (χ3v) is 11.0. The van der Waals surface area contributed by atoms with E-state index in [0.717, 1.165) is 28.1 Å². The van der Waals surface area contributed by atoms with E-state index in [2.05, 4.69) is 193 Å². The Hall–Kier alpha value is -7.03. The van der Waals surface area contributed by atoms with E-state index < -0.39 is 0 Å². The number of hydrogen-bond acceptors (Lipinski definition) is 1. The van der Waals surface area contributed by atoms with Crippen LogP contribution in [0.4, 0.5) is 0 Å². The van der Waals surface area contributed by atoms with Crippen molar-refractivity contribution in [1.29, 1.82) is 0 Å². The highest BCUT2D eigenvalue weighted by molar-refractivity contribution is 6.33. The Labute approximate surface area is 306 Å². The molecule has 0 saturated heterocycles. The van der Waals surface area contributed by atoms with E-state index >= 15 is 0 Å². The largest absolute Gasteiger partial charge is 0.292 e. The highest BCUT2D eigenvalue weighted by atomic mass is 15.1. The van der Waals surface area contributed by atoms with E-state index in [4.69, 9.17) is 4.98 Å². The van der Waals surface area contributed by atoms with Crippen LogP contribution in [-0.2, 0) is 0 Å². The Bertz CT molecular complexity index is 3190. The van der Waals surface area contributed by atoms with Crippen LogP contribution in [0.3, 0.4) is 0 Å². The zero-order chi connectivity index (χ0) is 34.9. The van der Waals surface area contributed by atoms with E-state index in [1.165, 1.54) is 76.1 Å². The number of imidazole rings is 1. The van der Waals surface area contributed by atoms with Gasteiger partial charge in [0.15, 0.2) is 0 Å². The Morgan fingerprint density at radius 1 is 0.321 bits per heavy atom. The molecule has 0 radical (unpaired) electrons. The van der Waals surface area contributed by atoms with Gasteiger partial charge in [-0.05, 0) is 113 Å². The zero-order valence-electron chi connectivity index (χ0n) is 28.9. The van der Waals surface area contributed by atoms with Gasteiger partial charge in [0.25, 0.3) is 0 Å². The summed E-state index contributed by atoms with van der Waals surface area (Å²) >= 11 is 0. The van der Waals surface area contributed by atoms with Gasteiger partial charge in [0, 0.05) is 11.3 Å². The molecule has 0 amide bonds. The molecule has 53 heavy (non-hydrogen) atoms. The molecular formula is C51H32N2. The molecule has 11 aromatic rings. The normalized spacial score (nSPS) is 11.8. The summed E-state index contributed by atoms with van der Waals surface area (Å²) in [6.45, 7) is 0. The zero-order valence-corrected chi connectivity index (χ0v) is 28.9. The second-order valence-corrected chi connectivity index (χ2v) is 13.9. The van der Waals surface area contributed by atoms with E-state index in [9.17, 15) is 0 Å². The van der Waals surface area contributed by atoms with Crippen molar-refractivity contribution < 1.29 is 0 Å². The van der Waals surface area contributed by atoms with Gasteiger partial charge < -0.3 is 0 Å². The molecule has 1 heterocycles. The number of para-hydroxylation sites is 3. The Balaban J connectivity index is 1.03. The lowest BCUT2D eigenvalue weighted by Gasteiger charge is -2.15. The van der Waals surface area contributed by atoms with Gasteiger partial charge in [-0.25, -0.2) is 4.98 Å². The smallest absolute Gasteiger partial charge is 0.145 e. The molecule has 10 aromatic carbocycles. The maximum atomic E-state index is 5.06. The molecule has 0 atom stereocenters. The molecule has 0 aliphatic carbocycles.